The zero-order valence-corrected chi connectivity index (χ0v) is 6.18. The summed E-state index contributed by atoms with van der Waals surface area (Å²) >= 11 is 0. The van der Waals surface area contributed by atoms with E-state index in [-0.39, 0.29) is 6.04 Å². The number of rotatable bonds is 3. The predicted octanol–water partition coefficient (Wildman–Crippen LogP) is 2.32. The van der Waals surface area contributed by atoms with E-state index in [9.17, 15) is 0 Å². The Labute approximate surface area is 65.1 Å². The van der Waals surface area contributed by atoms with Gasteiger partial charge in [0.2, 0.25) is 0 Å². The molecule has 4 heteroatoms. The highest BCUT2D eigenvalue weighted by Crippen LogP contribution is 1.91. The molecular weight excluding hydrogens is 140 g/mol. The van der Waals surface area contributed by atoms with Crippen LogP contribution in [0, 0.1) is 11.3 Å². The van der Waals surface area contributed by atoms with E-state index in [1.165, 1.54) is 6.08 Å². The van der Waals surface area contributed by atoms with Crippen LogP contribution in [-0.2, 0) is 0 Å². The second-order valence-electron chi connectivity index (χ2n) is 1.82. The van der Waals surface area contributed by atoms with Crippen LogP contribution in [0.4, 0.5) is 0 Å². The quantitative estimate of drug-likeness (QED) is 0.199. The summed E-state index contributed by atoms with van der Waals surface area (Å²) < 4.78 is 0. The van der Waals surface area contributed by atoms with Gasteiger partial charge in [-0.1, -0.05) is 30.3 Å². The maximum absolute atomic E-state index is 8.08. The van der Waals surface area contributed by atoms with Gasteiger partial charge in [0.05, 0.1) is 12.1 Å². The molecule has 4 nitrogen and oxygen atoms in total. The highest BCUT2D eigenvalue weighted by Gasteiger charge is 1.85. The van der Waals surface area contributed by atoms with Crippen molar-refractivity contribution in [1.82, 2.24) is 0 Å². The fourth-order valence-electron chi connectivity index (χ4n) is 0.443. The van der Waals surface area contributed by atoms with E-state index >= 15 is 0 Å². The lowest BCUT2D eigenvalue weighted by Crippen LogP contribution is -1.86. The minimum atomic E-state index is -0.164. The summed E-state index contributed by atoms with van der Waals surface area (Å²) in [6.45, 7) is 1.76. The number of azide groups is 1. The van der Waals surface area contributed by atoms with Gasteiger partial charge < -0.3 is 0 Å². The average Bonchev–Trinajstić information content (AvgIpc) is 1.99. The molecule has 0 aromatic carbocycles. The van der Waals surface area contributed by atoms with Gasteiger partial charge >= 0.3 is 0 Å². The van der Waals surface area contributed by atoms with Crippen molar-refractivity contribution in [2.75, 3.05) is 0 Å². The number of nitriles is 1. The molecule has 0 spiro atoms. The monoisotopic (exact) mass is 148 g/mol. The largest absolute Gasteiger partial charge is 0.193 e. The van der Waals surface area contributed by atoms with Crippen molar-refractivity contribution in [2.24, 2.45) is 5.11 Å². The molecule has 0 rings (SSSR count). The van der Waals surface area contributed by atoms with Crippen molar-refractivity contribution < 1.29 is 0 Å². The summed E-state index contributed by atoms with van der Waals surface area (Å²) in [5.74, 6) is 0. The van der Waals surface area contributed by atoms with Crippen molar-refractivity contribution in [3.63, 3.8) is 0 Å². The molecule has 0 aromatic heterocycles. The Bertz CT molecular complexity index is 240. The Hall–Kier alpha value is -1.72. The predicted molar refractivity (Wildman–Crippen MR) is 42.5 cm³/mol. The highest BCUT2D eigenvalue weighted by atomic mass is 15.1. The Morgan fingerprint density at radius 3 is 2.91 bits per heavy atom. The molecule has 0 aromatic rings. The van der Waals surface area contributed by atoms with Gasteiger partial charge in [-0.3, -0.25) is 0 Å². The molecule has 1 atom stereocenters. The van der Waals surface area contributed by atoms with Crippen LogP contribution in [0.2, 0.25) is 0 Å². The van der Waals surface area contributed by atoms with E-state index in [1.54, 1.807) is 25.2 Å². The molecular formula is C7H8N4. The van der Waals surface area contributed by atoms with Crippen LogP contribution in [0.5, 0.6) is 0 Å². The molecule has 0 unspecified atom stereocenters. The van der Waals surface area contributed by atoms with Crippen LogP contribution < -0.4 is 0 Å². The molecule has 56 valence electrons. The van der Waals surface area contributed by atoms with Crippen molar-refractivity contribution in [3.8, 4) is 6.07 Å². The van der Waals surface area contributed by atoms with Crippen LogP contribution in [0.25, 0.3) is 10.4 Å². The third kappa shape index (κ3) is 6.16. The first-order valence-electron chi connectivity index (χ1n) is 3.08. The molecule has 0 fully saturated rings. The van der Waals surface area contributed by atoms with Crippen molar-refractivity contribution in [3.05, 3.63) is 34.7 Å². The van der Waals surface area contributed by atoms with Gasteiger partial charge in [-0.05, 0) is 5.53 Å². The summed E-state index contributed by atoms with van der Waals surface area (Å²) in [6.07, 6.45) is 6.30. The van der Waals surface area contributed by atoms with E-state index < -0.39 is 0 Å². The highest BCUT2D eigenvalue weighted by molar-refractivity contribution is 5.12. The maximum Gasteiger partial charge on any atom is 0.0912 e. The van der Waals surface area contributed by atoms with Gasteiger partial charge in [0.1, 0.15) is 0 Å². The third-order valence-corrected chi connectivity index (χ3v) is 0.905. The summed E-state index contributed by atoms with van der Waals surface area (Å²) in [4.78, 5) is 2.62. The second-order valence-corrected chi connectivity index (χ2v) is 1.82. The molecule has 0 N–H and O–H groups in total. The number of hydrogen-bond donors (Lipinski definition) is 0. The lowest BCUT2D eigenvalue weighted by atomic mass is 10.3. The van der Waals surface area contributed by atoms with E-state index in [4.69, 9.17) is 10.8 Å². The lowest BCUT2D eigenvalue weighted by Gasteiger charge is -1.89. The van der Waals surface area contributed by atoms with E-state index in [1.807, 2.05) is 6.07 Å². The molecule has 0 bridgehead atoms. The van der Waals surface area contributed by atoms with Gasteiger partial charge in [-0.2, -0.15) is 5.26 Å². The van der Waals surface area contributed by atoms with Gasteiger partial charge in [0, 0.05) is 11.0 Å². The lowest BCUT2D eigenvalue weighted by molar-refractivity contribution is 0.911. The maximum atomic E-state index is 8.08. The molecule has 11 heavy (non-hydrogen) atoms. The normalized spacial score (nSPS) is 12.7. The van der Waals surface area contributed by atoms with Crippen LogP contribution in [0.1, 0.15) is 6.92 Å². The van der Waals surface area contributed by atoms with Crippen molar-refractivity contribution in [1.29, 1.82) is 5.26 Å². The molecule has 0 saturated carbocycles. The summed E-state index contributed by atoms with van der Waals surface area (Å²) in [6, 6.07) is 1.67. The fourth-order valence-corrected chi connectivity index (χ4v) is 0.443. The molecule has 0 amide bonds. The molecule has 0 aliphatic rings. The van der Waals surface area contributed by atoms with Gasteiger partial charge in [0.15, 0.2) is 0 Å². The zero-order chi connectivity index (χ0) is 8.53. The van der Waals surface area contributed by atoms with Crippen molar-refractivity contribution >= 4 is 0 Å². The summed E-state index contributed by atoms with van der Waals surface area (Å²) in [7, 11) is 0. The second kappa shape index (κ2) is 6.40. The number of nitrogens with zero attached hydrogens (tertiary/aromatic N) is 4. The SMILES string of the molecule is C[C@H](C=CC=CC#N)N=[N+]=[N-]. The zero-order valence-electron chi connectivity index (χ0n) is 6.18. The minimum Gasteiger partial charge on any atom is -0.193 e. The number of allylic oxidation sites excluding steroid dienone is 3. The van der Waals surface area contributed by atoms with Crippen LogP contribution in [0.3, 0.4) is 0 Å². The molecule has 0 aliphatic heterocycles. The fraction of sp³-hybridized carbons (Fsp3) is 0.286. The first-order valence-corrected chi connectivity index (χ1v) is 3.08. The van der Waals surface area contributed by atoms with E-state index in [2.05, 4.69) is 10.0 Å². The summed E-state index contributed by atoms with van der Waals surface area (Å²) in [5.41, 5.74) is 7.99. The summed E-state index contributed by atoms with van der Waals surface area (Å²) in [5, 5.41) is 11.5. The standard InChI is InChI=1S/C7H8N4/c1-7(10-11-9)5-3-2-4-6-8/h2-5,7H,1H3/t7-/m1/s1. The van der Waals surface area contributed by atoms with Crippen LogP contribution in [0.15, 0.2) is 29.4 Å². The Morgan fingerprint density at radius 2 is 2.36 bits per heavy atom. The Balaban J connectivity index is 3.85. The third-order valence-electron chi connectivity index (χ3n) is 0.905. The Morgan fingerprint density at radius 1 is 1.64 bits per heavy atom. The molecule has 0 saturated heterocycles. The first-order chi connectivity index (χ1) is 5.31. The van der Waals surface area contributed by atoms with Crippen molar-refractivity contribution in [2.45, 2.75) is 13.0 Å². The smallest absolute Gasteiger partial charge is 0.0912 e. The first kappa shape index (κ1) is 9.28. The van der Waals surface area contributed by atoms with Gasteiger partial charge in [-0.25, -0.2) is 0 Å². The molecule has 0 heterocycles. The van der Waals surface area contributed by atoms with Crippen LogP contribution in [-0.4, -0.2) is 6.04 Å². The molecule has 0 radical (unpaired) electrons. The number of hydrogen-bond acceptors (Lipinski definition) is 2. The van der Waals surface area contributed by atoms with E-state index in [0.29, 0.717) is 0 Å². The average molecular weight is 148 g/mol. The van der Waals surface area contributed by atoms with Crippen LogP contribution >= 0.6 is 0 Å². The topological polar surface area (TPSA) is 72.5 Å². The molecule has 0 aliphatic carbocycles. The van der Waals surface area contributed by atoms with Gasteiger partial charge in [0.25, 0.3) is 0 Å². The van der Waals surface area contributed by atoms with Gasteiger partial charge in [-0.15, -0.1) is 0 Å². The van der Waals surface area contributed by atoms with E-state index in [0.717, 1.165) is 0 Å². The minimum absolute atomic E-state index is 0.164. The Kier molecular flexibility index (Phi) is 5.40.